The van der Waals surface area contributed by atoms with Crippen molar-refractivity contribution in [2.24, 2.45) is 0 Å². The Bertz CT molecular complexity index is 416. The SMILES string of the molecule is CC(C)(C)n1nc(Cl)c(C(F)(F)F)c1C(F)F. The Hall–Kier alpha value is -0.850. The Morgan fingerprint density at radius 3 is 1.94 bits per heavy atom. The molecule has 0 aliphatic heterocycles. The van der Waals surface area contributed by atoms with Gasteiger partial charge >= 0.3 is 6.18 Å². The summed E-state index contributed by atoms with van der Waals surface area (Å²) >= 11 is 5.30. The van der Waals surface area contributed by atoms with Crippen LogP contribution in [0.2, 0.25) is 5.15 Å². The van der Waals surface area contributed by atoms with Gasteiger partial charge in [-0.2, -0.15) is 18.3 Å². The molecule has 0 aliphatic rings. The summed E-state index contributed by atoms with van der Waals surface area (Å²) in [5.41, 5.74) is -3.78. The summed E-state index contributed by atoms with van der Waals surface area (Å²) in [6.07, 6.45) is -8.25. The van der Waals surface area contributed by atoms with Gasteiger partial charge in [0.1, 0.15) is 11.3 Å². The van der Waals surface area contributed by atoms with Gasteiger partial charge in [0.2, 0.25) is 0 Å². The first-order chi connectivity index (χ1) is 7.46. The lowest BCUT2D eigenvalue weighted by Gasteiger charge is -2.22. The van der Waals surface area contributed by atoms with E-state index in [0.717, 1.165) is 0 Å². The lowest BCUT2D eigenvalue weighted by molar-refractivity contribution is -0.139. The van der Waals surface area contributed by atoms with Gasteiger partial charge in [0.05, 0.1) is 5.54 Å². The van der Waals surface area contributed by atoms with Crippen LogP contribution in [0, 0.1) is 0 Å². The Labute approximate surface area is 99.4 Å². The Kier molecular flexibility index (Phi) is 3.44. The molecule has 1 aromatic rings. The van der Waals surface area contributed by atoms with Crippen molar-refractivity contribution >= 4 is 11.6 Å². The van der Waals surface area contributed by atoms with Gasteiger partial charge in [0, 0.05) is 0 Å². The first-order valence-electron chi connectivity index (χ1n) is 4.60. The van der Waals surface area contributed by atoms with E-state index in [4.69, 9.17) is 11.6 Å². The number of nitrogens with zero attached hydrogens (tertiary/aromatic N) is 2. The van der Waals surface area contributed by atoms with Crippen LogP contribution in [0.25, 0.3) is 0 Å². The summed E-state index contributed by atoms with van der Waals surface area (Å²) in [5.74, 6) is 0. The highest BCUT2D eigenvalue weighted by Crippen LogP contribution is 2.42. The summed E-state index contributed by atoms with van der Waals surface area (Å²) in [4.78, 5) is 0. The number of halogens is 6. The summed E-state index contributed by atoms with van der Waals surface area (Å²) in [6, 6.07) is 0. The zero-order valence-corrected chi connectivity index (χ0v) is 10.00. The minimum atomic E-state index is -4.95. The summed E-state index contributed by atoms with van der Waals surface area (Å²) < 4.78 is 63.9. The van der Waals surface area contributed by atoms with Gasteiger partial charge in [-0.3, -0.25) is 4.68 Å². The molecule has 0 saturated heterocycles. The van der Waals surface area contributed by atoms with Crippen LogP contribution in [-0.2, 0) is 11.7 Å². The normalized spacial score (nSPS) is 13.5. The van der Waals surface area contributed by atoms with E-state index in [1.54, 1.807) is 0 Å². The molecule has 0 fully saturated rings. The maximum atomic E-state index is 12.7. The third-order valence-corrected chi connectivity index (χ3v) is 2.27. The van der Waals surface area contributed by atoms with Crippen molar-refractivity contribution in [1.29, 1.82) is 0 Å². The molecule has 0 spiro atoms. The highest BCUT2D eigenvalue weighted by Gasteiger charge is 2.43. The number of alkyl halides is 5. The quantitative estimate of drug-likeness (QED) is 0.701. The van der Waals surface area contributed by atoms with E-state index in [1.807, 2.05) is 0 Å². The first-order valence-corrected chi connectivity index (χ1v) is 4.98. The molecule has 0 bridgehead atoms. The molecule has 0 aliphatic carbocycles. The van der Waals surface area contributed by atoms with Crippen molar-refractivity contribution in [3.05, 3.63) is 16.4 Å². The third-order valence-electron chi connectivity index (χ3n) is 2.00. The minimum Gasteiger partial charge on any atom is -0.256 e. The van der Waals surface area contributed by atoms with Crippen LogP contribution in [0.4, 0.5) is 22.0 Å². The van der Waals surface area contributed by atoms with Crippen molar-refractivity contribution in [2.75, 3.05) is 0 Å². The van der Waals surface area contributed by atoms with Crippen molar-refractivity contribution in [3.63, 3.8) is 0 Å². The van der Waals surface area contributed by atoms with Gasteiger partial charge in [-0.1, -0.05) is 11.6 Å². The molecule has 2 nitrogen and oxygen atoms in total. The Balaban J connectivity index is 3.58. The molecule has 0 amide bonds. The van der Waals surface area contributed by atoms with Gasteiger partial charge in [-0.15, -0.1) is 0 Å². The minimum absolute atomic E-state index is 0.614. The summed E-state index contributed by atoms with van der Waals surface area (Å²) in [6.45, 7) is 4.38. The smallest absolute Gasteiger partial charge is 0.256 e. The molecule has 8 heteroatoms. The van der Waals surface area contributed by atoms with Gasteiger partial charge in [-0.25, -0.2) is 8.78 Å². The maximum Gasteiger partial charge on any atom is 0.421 e. The lowest BCUT2D eigenvalue weighted by Crippen LogP contribution is -2.26. The highest BCUT2D eigenvalue weighted by atomic mass is 35.5. The van der Waals surface area contributed by atoms with Crippen molar-refractivity contribution in [3.8, 4) is 0 Å². The van der Waals surface area contributed by atoms with Crippen LogP contribution < -0.4 is 0 Å². The standard InChI is InChI=1S/C9H10ClF5N2/c1-8(2,3)17-5(7(11)12)4(6(10)16-17)9(13,14)15/h7H,1-3H3. The van der Waals surface area contributed by atoms with Crippen LogP contribution in [0.1, 0.15) is 38.5 Å². The van der Waals surface area contributed by atoms with Crippen LogP contribution in [-0.4, -0.2) is 9.78 Å². The van der Waals surface area contributed by atoms with Gasteiger partial charge in [0.25, 0.3) is 6.43 Å². The van der Waals surface area contributed by atoms with Crippen molar-refractivity contribution in [2.45, 2.75) is 38.9 Å². The molecular formula is C9H10ClF5N2. The molecule has 0 saturated carbocycles. The number of rotatable bonds is 1. The van der Waals surface area contributed by atoms with Crippen molar-refractivity contribution < 1.29 is 22.0 Å². The summed E-state index contributed by atoms with van der Waals surface area (Å²) in [5, 5.41) is 2.40. The molecule has 98 valence electrons. The fourth-order valence-electron chi connectivity index (χ4n) is 1.38. The predicted octanol–water partition coefficient (Wildman–Crippen LogP) is 4.25. The topological polar surface area (TPSA) is 17.8 Å². The van der Waals surface area contributed by atoms with E-state index in [0.29, 0.717) is 4.68 Å². The van der Waals surface area contributed by atoms with Crippen LogP contribution in [0.15, 0.2) is 0 Å². The summed E-state index contributed by atoms with van der Waals surface area (Å²) in [7, 11) is 0. The second-order valence-corrected chi connectivity index (χ2v) is 4.79. The van der Waals surface area contributed by atoms with Crippen LogP contribution in [0.5, 0.6) is 0 Å². The fourth-order valence-corrected chi connectivity index (χ4v) is 1.66. The average molecular weight is 277 g/mol. The molecule has 0 atom stereocenters. The number of hydrogen-bond donors (Lipinski definition) is 0. The first kappa shape index (κ1) is 14.2. The lowest BCUT2D eigenvalue weighted by atomic mass is 10.1. The average Bonchev–Trinajstić information content (AvgIpc) is 2.40. The monoisotopic (exact) mass is 276 g/mol. The van der Waals surface area contributed by atoms with Crippen LogP contribution >= 0.6 is 11.6 Å². The molecule has 1 aromatic heterocycles. The largest absolute Gasteiger partial charge is 0.421 e. The van der Waals surface area contributed by atoms with E-state index in [9.17, 15) is 22.0 Å². The highest BCUT2D eigenvalue weighted by molar-refractivity contribution is 6.30. The second kappa shape index (κ2) is 4.12. The third kappa shape index (κ3) is 2.70. The molecule has 17 heavy (non-hydrogen) atoms. The van der Waals surface area contributed by atoms with E-state index in [-0.39, 0.29) is 0 Å². The molecule has 1 rings (SSSR count). The molecule has 0 unspecified atom stereocenters. The number of aromatic nitrogens is 2. The fraction of sp³-hybridized carbons (Fsp3) is 0.667. The zero-order valence-electron chi connectivity index (χ0n) is 9.24. The van der Waals surface area contributed by atoms with E-state index >= 15 is 0 Å². The van der Waals surface area contributed by atoms with Gasteiger partial charge in [-0.05, 0) is 20.8 Å². The molecule has 0 N–H and O–H groups in total. The van der Waals surface area contributed by atoms with Crippen LogP contribution in [0.3, 0.4) is 0 Å². The van der Waals surface area contributed by atoms with Crippen molar-refractivity contribution in [1.82, 2.24) is 9.78 Å². The predicted molar refractivity (Wildman–Crippen MR) is 52.2 cm³/mol. The Morgan fingerprint density at radius 1 is 1.18 bits per heavy atom. The second-order valence-electron chi connectivity index (χ2n) is 4.43. The van der Waals surface area contributed by atoms with E-state index in [2.05, 4.69) is 5.10 Å². The molecule has 0 radical (unpaired) electrons. The molecular weight excluding hydrogens is 267 g/mol. The van der Waals surface area contributed by atoms with Gasteiger partial charge in [0.15, 0.2) is 5.15 Å². The maximum absolute atomic E-state index is 12.7. The van der Waals surface area contributed by atoms with Gasteiger partial charge < -0.3 is 0 Å². The zero-order chi connectivity index (χ0) is 13.6. The number of hydrogen-bond acceptors (Lipinski definition) is 1. The molecule has 1 heterocycles. The van der Waals surface area contributed by atoms with E-state index in [1.165, 1.54) is 20.8 Å². The van der Waals surface area contributed by atoms with E-state index < -0.39 is 34.6 Å². The molecule has 0 aromatic carbocycles. The Morgan fingerprint density at radius 2 is 1.65 bits per heavy atom.